The number of aliphatic hydroxyl groups excluding tert-OH is 2. The van der Waals surface area contributed by atoms with E-state index in [1.165, 1.54) is 205 Å². The van der Waals surface area contributed by atoms with E-state index in [-0.39, 0.29) is 19.3 Å². The Kier molecular flexibility index (Phi) is 82.2. The Bertz CT molecular complexity index is 2500. The van der Waals surface area contributed by atoms with Crippen LogP contribution in [0.4, 0.5) is 0 Å². The molecule has 0 fully saturated rings. The van der Waals surface area contributed by atoms with Crippen molar-refractivity contribution in [3.05, 3.63) is 122 Å². The van der Waals surface area contributed by atoms with E-state index in [0.717, 1.165) is 128 Å². The van der Waals surface area contributed by atoms with Gasteiger partial charge in [-0.15, -0.1) is 0 Å². The highest BCUT2D eigenvalue weighted by Gasteiger charge is 2.29. The minimum absolute atomic E-state index is 0.0949. The molecule has 642 valence electrons. The molecule has 0 radical (unpaired) electrons. The molecule has 0 aliphatic heterocycles. The molecule has 0 aromatic carbocycles. The molecular weight excluding hydrogens is 1430 g/mol. The highest BCUT2D eigenvalue weighted by molar-refractivity contribution is 7.47. The molecule has 0 bridgehead atoms. The molecule has 0 saturated heterocycles. The first-order valence-corrected chi connectivity index (χ1v) is 47.8. The highest BCUT2D eigenvalue weighted by atomic mass is 31.2. The summed E-state index contributed by atoms with van der Waals surface area (Å²) in [6.07, 6.45) is 104. The maximum Gasteiger partial charge on any atom is 0.472 e. The van der Waals surface area contributed by atoms with Crippen molar-refractivity contribution >= 4 is 33.6 Å². The molecule has 16 nitrogen and oxygen atoms in total. The van der Waals surface area contributed by atoms with Gasteiger partial charge in [-0.3, -0.25) is 32.5 Å². The first-order chi connectivity index (χ1) is 54.2. The van der Waals surface area contributed by atoms with Crippen LogP contribution in [-0.2, 0) is 55.8 Å². The van der Waals surface area contributed by atoms with Gasteiger partial charge >= 0.3 is 33.6 Å². The summed E-state index contributed by atoms with van der Waals surface area (Å²) in [6.45, 7) is 2.54. The predicted octanol–water partition coefficient (Wildman–Crippen LogP) is 27.2. The number of aliphatic hydroxyl groups is 2. The fourth-order valence-electron chi connectivity index (χ4n) is 12.3. The molecule has 5 unspecified atom stereocenters. The van der Waals surface area contributed by atoms with Gasteiger partial charge in [0.15, 0.2) is 6.10 Å². The predicted molar refractivity (Wildman–Crippen MR) is 463 cm³/mol. The summed E-state index contributed by atoms with van der Waals surface area (Å²) >= 11 is 0. The first kappa shape index (κ1) is 107. The molecule has 0 aromatic heterocycles. The van der Waals surface area contributed by atoms with Gasteiger partial charge in [-0.05, 0) is 128 Å². The molecule has 0 amide bonds. The largest absolute Gasteiger partial charge is 0.472 e. The quantitative estimate of drug-likeness (QED) is 0.0146. The van der Waals surface area contributed by atoms with Gasteiger partial charge in [-0.2, -0.15) is 0 Å². The highest BCUT2D eigenvalue weighted by Crippen LogP contribution is 2.45. The van der Waals surface area contributed by atoms with Crippen LogP contribution in [0.3, 0.4) is 0 Å². The SMILES string of the molecule is CC/C=C\C/C=C\C/C=C\C/C=C\C/C=C\CCCCCCCCCCCCCCCCCC(=O)OCC(COP(=O)(O)OCC(O)COP(=O)(O)OCC(O)COC(=O)CCCCCCCCCCCCCCCCCCC/C=C\C/C=C\C/C=C\C/C=C\CCCCC)OC(=O)CCCCCCC/C=C\CCCC. The minimum atomic E-state index is -4.93. The molecule has 0 aliphatic rings. The maximum absolute atomic E-state index is 12.9. The van der Waals surface area contributed by atoms with Crippen molar-refractivity contribution in [1.29, 1.82) is 0 Å². The summed E-state index contributed by atoms with van der Waals surface area (Å²) in [5, 5.41) is 20.7. The number of carbonyl (C=O) groups excluding carboxylic acids is 3. The van der Waals surface area contributed by atoms with Crippen LogP contribution in [0.1, 0.15) is 393 Å². The topological polar surface area (TPSA) is 231 Å². The summed E-state index contributed by atoms with van der Waals surface area (Å²) in [5.74, 6) is -1.57. The van der Waals surface area contributed by atoms with Crippen molar-refractivity contribution < 1.29 is 75.8 Å². The number of rotatable bonds is 85. The smallest absolute Gasteiger partial charge is 0.463 e. The number of allylic oxidation sites excluding steroid dienone is 20. The molecule has 0 rings (SSSR count). The lowest BCUT2D eigenvalue weighted by Gasteiger charge is -2.21. The van der Waals surface area contributed by atoms with Crippen LogP contribution in [0.5, 0.6) is 0 Å². The summed E-state index contributed by atoms with van der Waals surface area (Å²) in [6, 6.07) is 0. The lowest BCUT2D eigenvalue weighted by atomic mass is 10.0. The second-order valence-electron chi connectivity index (χ2n) is 30.0. The second-order valence-corrected chi connectivity index (χ2v) is 32.9. The second kappa shape index (κ2) is 85.3. The van der Waals surface area contributed by atoms with Crippen LogP contribution in [0.15, 0.2) is 122 Å². The fraction of sp³-hybridized carbons (Fsp3) is 0.753. The fourth-order valence-corrected chi connectivity index (χ4v) is 13.9. The molecule has 18 heteroatoms. The van der Waals surface area contributed by atoms with E-state index >= 15 is 0 Å². The average molecular weight is 1600 g/mol. The molecule has 0 aliphatic carbocycles. The third-order valence-corrected chi connectivity index (χ3v) is 21.0. The number of esters is 3. The van der Waals surface area contributed by atoms with Gasteiger partial charge in [0.25, 0.3) is 0 Å². The van der Waals surface area contributed by atoms with Crippen LogP contribution in [0.2, 0.25) is 0 Å². The Labute approximate surface area is 678 Å². The van der Waals surface area contributed by atoms with E-state index in [0.29, 0.717) is 19.3 Å². The van der Waals surface area contributed by atoms with Crippen molar-refractivity contribution in [3.8, 4) is 0 Å². The monoisotopic (exact) mass is 1600 g/mol. The van der Waals surface area contributed by atoms with Gasteiger partial charge in [0.05, 0.1) is 26.4 Å². The van der Waals surface area contributed by atoms with E-state index in [9.17, 15) is 43.5 Å². The number of phosphoric ester groups is 2. The Hall–Kier alpha value is -4.05. The lowest BCUT2D eigenvalue weighted by Crippen LogP contribution is -2.30. The molecule has 5 atom stereocenters. The summed E-state index contributed by atoms with van der Waals surface area (Å²) in [5.41, 5.74) is 0. The number of hydrogen-bond acceptors (Lipinski definition) is 14. The summed E-state index contributed by atoms with van der Waals surface area (Å²) < 4.78 is 61.2. The van der Waals surface area contributed by atoms with Gasteiger partial charge in [0.2, 0.25) is 0 Å². The first-order valence-electron chi connectivity index (χ1n) is 44.8. The van der Waals surface area contributed by atoms with Crippen molar-refractivity contribution in [2.24, 2.45) is 0 Å². The molecular formula is C93H164O16P2. The number of carbonyl (C=O) groups is 3. The number of ether oxygens (including phenoxy) is 3. The maximum atomic E-state index is 12.9. The van der Waals surface area contributed by atoms with Gasteiger partial charge < -0.3 is 34.2 Å². The van der Waals surface area contributed by atoms with E-state index in [1.807, 2.05) is 0 Å². The van der Waals surface area contributed by atoms with Crippen LogP contribution in [0.25, 0.3) is 0 Å². The van der Waals surface area contributed by atoms with Crippen LogP contribution < -0.4 is 0 Å². The zero-order valence-corrected chi connectivity index (χ0v) is 72.4. The van der Waals surface area contributed by atoms with E-state index < -0.39 is 91.5 Å². The molecule has 0 heterocycles. The Morgan fingerprint density at radius 3 is 0.793 bits per heavy atom. The number of unbranched alkanes of at least 4 members (excludes halogenated alkanes) is 42. The molecule has 4 N–H and O–H groups in total. The van der Waals surface area contributed by atoms with E-state index in [4.69, 9.17) is 32.3 Å². The Morgan fingerprint density at radius 1 is 0.261 bits per heavy atom. The molecule has 111 heavy (non-hydrogen) atoms. The molecule has 0 spiro atoms. The van der Waals surface area contributed by atoms with Crippen molar-refractivity contribution in [2.75, 3.05) is 39.6 Å². The van der Waals surface area contributed by atoms with Gasteiger partial charge in [0.1, 0.15) is 25.4 Å². The van der Waals surface area contributed by atoms with E-state index in [1.54, 1.807) is 0 Å². The third kappa shape index (κ3) is 86.6. The number of hydrogen-bond donors (Lipinski definition) is 4. The Balaban J connectivity index is 4.33. The van der Waals surface area contributed by atoms with Crippen molar-refractivity contribution in [1.82, 2.24) is 0 Å². The normalized spacial score (nSPS) is 14.4. The van der Waals surface area contributed by atoms with Crippen molar-refractivity contribution in [3.63, 3.8) is 0 Å². The summed E-state index contributed by atoms with van der Waals surface area (Å²) in [7, 11) is -9.79. The average Bonchev–Trinajstić information content (AvgIpc) is 0.901. The zero-order chi connectivity index (χ0) is 80.8. The van der Waals surface area contributed by atoms with E-state index in [2.05, 4.69) is 142 Å². The van der Waals surface area contributed by atoms with Gasteiger partial charge in [-0.25, -0.2) is 9.13 Å². The number of phosphoric acid groups is 2. The van der Waals surface area contributed by atoms with Crippen LogP contribution in [-0.4, -0.2) is 95.9 Å². The third-order valence-electron chi connectivity index (χ3n) is 19.1. The molecule has 0 aromatic rings. The zero-order valence-electron chi connectivity index (χ0n) is 70.6. The Morgan fingerprint density at radius 2 is 0.486 bits per heavy atom. The van der Waals surface area contributed by atoms with Gasteiger partial charge in [0, 0.05) is 19.3 Å². The van der Waals surface area contributed by atoms with Crippen LogP contribution in [0, 0.1) is 0 Å². The van der Waals surface area contributed by atoms with Gasteiger partial charge in [-0.1, -0.05) is 367 Å². The lowest BCUT2D eigenvalue weighted by molar-refractivity contribution is -0.161. The summed E-state index contributed by atoms with van der Waals surface area (Å²) in [4.78, 5) is 58.7. The van der Waals surface area contributed by atoms with Crippen molar-refractivity contribution in [2.45, 2.75) is 411 Å². The minimum Gasteiger partial charge on any atom is -0.463 e. The standard InChI is InChI=1S/C93H164O16P2/c1-4-7-10-13-16-19-22-24-26-28-30-32-34-36-38-40-42-43-45-47-48-50-52-54-56-58-60-62-65-67-70-73-76-79-91(96)103-82-88(94)83-105-110(99,100)106-84-89(95)85-107-111(101,102)108-87-90(109-93(98)81-78-75-72-69-64-21-18-15-12-9-6-3)86-104-92(97)80-77-74-71-68-66-63-61-59-57-55-53-51-49-46-44-41-39-37-35-33-31-29-27-25-23-20-17-14-11-8-5-2/h8,11,15-20,24-27,30-33,36-39,88-90,94-95H,4-7,9-10,12-14,21-23,28-29,34-35,40-87H2,1-3H3,(H,99,100)(H,101,102)/b11-8-,18-15-,19-16-,20-17-,26-24-,27-25-,32-30-,33-31-,38-36-,39-37-. The molecule has 0 saturated carbocycles. The van der Waals surface area contributed by atoms with Crippen LogP contribution >= 0.6 is 15.6 Å².